The first kappa shape index (κ1) is 19.8. The number of benzene rings is 3. The summed E-state index contributed by atoms with van der Waals surface area (Å²) < 4.78 is 3.63. The van der Waals surface area contributed by atoms with Crippen molar-refractivity contribution in [3.63, 3.8) is 0 Å². The second-order valence-corrected chi connectivity index (χ2v) is 9.98. The van der Waals surface area contributed by atoms with Gasteiger partial charge in [-0.3, -0.25) is 0 Å². The second-order valence-electron chi connectivity index (χ2n) is 9.13. The summed E-state index contributed by atoms with van der Waals surface area (Å²) in [5.74, 6) is 0.735. The van der Waals surface area contributed by atoms with Crippen molar-refractivity contribution >= 4 is 38.1 Å². The Bertz CT molecular complexity index is 1170. The molecule has 0 bridgehead atoms. The Hall–Kier alpha value is -2.19. The first-order chi connectivity index (χ1) is 14.6. The molecule has 1 aliphatic carbocycles. The molecule has 5 rings (SSSR count). The average Bonchev–Trinajstić information content (AvgIpc) is 3.34. The monoisotopic (exact) mass is 458 g/mol. The van der Waals surface area contributed by atoms with E-state index in [0.29, 0.717) is 0 Å². The van der Waals surface area contributed by atoms with E-state index in [-0.39, 0.29) is 5.41 Å². The number of hydrogen-bond donors (Lipinski definition) is 0. The maximum Gasteiger partial charge on any atom is 0.210 e. The van der Waals surface area contributed by atoms with E-state index in [2.05, 4.69) is 107 Å². The highest BCUT2D eigenvalue weighted by Gasteiger charge is 2.48. The summed E-state index contributed by atoms with van der Waals surface area (Å²) in [6, 6.07) is 22.1. The van der Waals surface area contributed by atoms with E-state index in [1.54, 1.807) is 0 Å². The molecular weight excluding hydrogens is 430 g/mol. The molecule has 1 aliphatic heterocycles. The fraction of sp³-hybridized carbons (Fsp3) is 0.321. The summed E-state index contributed by atoms with van der Waals surface area (Å²) in [5, 5.41) is 2.70. The molecule has 1 atom stereocenters. The van der Waals surface area contributed by atoms with Gasteiger partial charge in [-0.15, -0.1) is 0 Å². The highest BCUT2D eigenvalue weighted by Crippen LogP contribution is 2.46. The quantitative estimate of drug-likeness (QED) is 0.354. The van der Waals surface area contributed by atoms with Crippen LogP contribution in [0.4, 0.5) is 5.69 Å². The van der Waals surface area contributed by atoms with Gasteiger partial charge < -0.3 is 0 Å². The minimum Gasteiger partial charge on any atom is -0.198 e. The van der Waals surface area contributed by atoms with Crippen LogP contribution in [0.15, 0.2) is 77.3 Å². The van der Waals surface area contributed by atoms with Gasteiger partial charge in [0.25, 0.3) is 0 Å². The van der Waals surface area contributed by atoms with Crippen LogP contribution in [-0.4, -0.2) is 17.3 Å². The van der Waals surface area contributed by atoms with E-state index in [4.69, 9.17) is 0 Å². The predicted molar refractivity (Wildman–Crippen MR) is 131 cm³/mol. The molecule has 30 heavy (non-hydrogen) atoms. The molecule has 0 aromatic heterocycles. The average molecular weight is 459 g/mol. The molecule has 1 fully saturated rings. The Morgan fingerprint density at radius 2 is 1.73 bits per heavy atom. The number of allylic oxidation sites excluding steroid dienone is 2. The Kier molecular flexibility index (Phi) is 5.14. The lowest BCUT2D eigenvalue weighted by molar-refractivity contribution is -0.401. The van der Waals surface area contributed by atoms with E-state index in [1.807, 2.05) is 0 Å². The van der Waals surface area contributed by atoms with Crippen molar-refractivity contribution in [2.75, 3.05) is 7.05 Å². The number of rotatable bonds is 4. The van der Waals surface area contributed by atoms with E-state index in [1.165, 1.54) is 63.5 Å². The van der Waals surface area contributed by atoms with Gasteiger partial charge in [0.15, 0.2) is 5.71 Å². The molecule has 3 aromatic rings. The van der Waals surface area contributed by atoms with Crippen molar-refractivity contribution in [2.24, 2.45) is 5.92 Å². The Labute approximate surface area is 188 Å². The van der Waals surface area contributed by atoms with Gasteiger partial charge in [0.05, 0.1) is 5.41 Å². The standard InChI is InChI=1S/C28H29BrN/c1-28(19-22-12-6-8-14-24(22)29)26(18-15-20-9-3-4-10-20)30(2)25-17-16-21-11-5-7-13-23(21)27(25)28/h5-8,11-18,20H,3-4,9-10,19H2,1-2H3/q+1/b18-15+. The first-order valence-electron chi connectivity index (χ1n) is 11.1. The van der Waals surface area contributed by atoms with Crippen LogP contribution in [0.2, 0.25) is 0 Å². The van der Waals surface area contributed by atoms with Crippen molar-refractivity contribution in [2.45, 2.75) is 44.4 Å². The molecule has 1 heterocycles. The Morgan fingerprint density at radius 1 is 1.00 bits per heavy atom. The molecule has 0 N–H and O–H groups in total. The van der Waals surface area contributed by atoms with E-state index < -0.39 is 0 Å². The number of fused-ring (bicyclic) bond motifs is 3. The second kappa shape index (κ2) is 7.81. The summed E-state index contributed by atoms with van der Waals surface area (Å²) in [6.45, 7) is 2.44. The molecular formula is C28H29BrN+. The van der Waals surface area contributed by atoms with Gasteiger partial charge in [0, 0.05) is 22.2 Å². The summed E-state index contributed by atoms with van der Waals surface area (Å²) in [7, 11) is 2.24. The molecule has 0 spiro atoms. The third kappa shape index (κ3) is 3.26. The molecule has 3 aromatic carbocycles. The van der Waals surface area contributed by atoms with E-state index in [9.17, 15) is 0 Å². The third-order valence-electron chi connectivity index (χ3n) is 7.17. The normalized spacial score (nSPS) is 21.8. The number of halogens is 1. The molecule has 2 aliphatic rings. The molecule has 2 heteroatoms. The maximum absolute atomic E-state index is 3.80. The molecule has 1 nitrogen and oxygen atoms in total. The molecule has 0 amide bonds. The minimum atomic E-state index is -0.0794. The van der Waals surface area contributed by atoms with Crippen LogP contribution >= 0.6 is 15.9 Å². The number of hydrogen-bond acceptors (Lipinski definition) is 0. The fourth-order valence-electron chi connectivity index (χ4n) is 5.62. The van der Waals surface area contributed by atoms with E-state index >= 15 is 0 Å². The van der Waals surface area contributed by atoms with Gasteiger partial charge in [-0.05, 0) is 60.6 Å². The van der Waals surface area contributed by atoms with Crippen LogP contribution in [0, 0.1) is 5.92 Å². The van der Waals surface area contributed by atoms with Gasteiger partial charge >= 0.3 is 0 Å². The summed E-state index contributed by atoms with van der Waals surface area (Å²) >= 11 is 3.80. The lowest BCUT2D eigenvalue weighted by atomic mass is 9.73. The summed E-state index contributed by atoms with van der Waals surface area (Å²) in [5.41, 5.74) is 5.50. The lowest BCUT2D eigenvalue weighted by Crippen LogP contribution is -2.33. The molecule has 1 unspecified atom stereocenters. The van der Waals surface area contributed by atoms with Crippen molar-refractivity contribution in [1.29, 1.82) is 0 Å². The van der Waals surface area contributed by atoms with E-state index in [0.717, 1.165) is 12.3 Å². The van der Waals surface area contributed by atoms with Crippen LogP contribution in [0.25, 0.3) is 10.8 Å². The number of nitrogens with zero attached hydrogens (tertiary/aromatic N) is 1. The zero-order valence-corrected chi connectivity index (χ0v) is 19.5. The minimum absolute atomic E-state index is 0.0794. The first-order valence-corrected chi connectivity index (χ1v) is 11.9. The van der Waals surface area contributed by atoms with Gasteiger partial charge in [-0.1, -0.05) is 77.3 Å². The van der Waals surface area contributed by atoms with Crippen LogP contribution in [0.1, 0.15) is 43.7 Å². The zero-order valence-electron chi connectivity index (χ0n) is 17.9. The van der Waals surface area contributed by atoms with Crippen LogP contribution in [-0.2, 0) is 11.8 Å². The fourth-order valence-corrected chi connectivity index (χ4v) is 6.05. The van der Waals surface area contributed by atoms with Crippen LogP contribution in [0.5, 0.6) is 0 Å². The van der Waals surface area contributed by atoms with Crippen LogP contribution in [0.3, 0.4) is 0 Å². The highest BCUT2D eigenvalue weighted by molar-refractivity contribution is 9.10. The third-order valence-corrected chi connectivity index (χ3v) is 7.95. The largest absolute Gasteiger partial charge is 0.210 e. The van der Waals surface area contributed by atoms with Crippen molar-refractivity contribution in [3.05, 3.63) is 88.4 Å². The maximum atomic E-state index is 3.80. The van der Waals surface area contributed by atoms with Gasteiger partial charge in [0.2, 0.25) is 5.69 Å². The van der Waals surface area contributed by atoms with Crippen molar-refractivity contribution in [3.8, 4) is 0 Å². The molecule has 0 saturated heterocycles. The topological polar surface area (TPSA) is 3.01 Å². The SMILES string of the molecule is C[N+]1=C(/C=C/C2CCCC2)C(C)(Cc2ccccc2Br)c2c1ccc1ccccc21. The van der Waals surface area contributed by atoms with Gasteiger partial charge in [-0.2, -0.15) is 4.58 Å². The van der Waals surface area contributed by atoms with Crippen molar-refractivity contribution < 1.29 is 4.58 Å². The zero-order chi connectivity index (χ0) is 20.7. The molecule has 1 saturated carbocycles. The van der Waals surface area contributed by atoms with Gasteiger partial charge in [-0.25, -0.2) is 0 Å². The highest BCUT2D eigenvalue weighted by atomic mass is 79.9. The molecule has 0 radical (unpaired) electrons. The molecule has 152 valence electrons. The Balaban J connectivity index is 1.69. The van der Waals surface area contributed by atoms with Crippen molar-refractivity contribution in [1.82, 2.24) is 0 Å². The lowest BCUT2D eigenvalue weighted by Gasteiger charge is -2.25. The van der Waals surface area contributed by atoms with Gasteiger partial charge in [0.1, 0.15) is 7.05 Å². The summed E-state index contributed by atoms with van der Waals surface area (Å²) in [4.78, 5) is 0. The summed E-state index contributed by atoms with van der Waals surface area (Å²) in [6.07, 6.45) is 11.3. The predicted octanol–water partition coefficient (Wildman–Crippen LogP) is 7.58. The smallest absolute Gasteiger partial charge is 0.198 e. The van der Waals surface area contributed by atoms with Crippen LogP contribution < -0.4 is 0 Å². The Morgan fingerprint density at radius 3 is 2.53 bits per heavy atom.